The van der Waals surface area contributed by atoms with E-state index in [2.05, 4.69) is 28.4 Å². The average molecular weight is 442 g/mol. The molecule has 2 aliphatic rings. The molecule has 2 aliphatic heterocycles. The number of nitrogens with one attached hydrogen (secondary N) is 1. The molecule has 0 saturated carbocycles. The van der Waals surface area contributed by atoms with E-state index < -0.39 is 10.0 Å². The van der Waals surface area contributed by atoms with Gasteiger partial charge >= 0.3 is 0 Å². The molecule has 0 bridgehead atoms. The molecule has 0 unspecified atom stereocenters. The fourth-order valence-corrected chi connectivity index (χ4v) is 6.17. The second-order valence-corrected chi connectivity index (χ2v) is 10.5. The standard InChI is InChI=1S/C24H31N3O3S/c1-2-3-18-31(29,30)26-15-12-20(13-16-26)24(28)25-21-9-5-7-11-23(21)27-17-14-19-8-4-6-10-22(19)27/h4-11,20H,2-3,12-18H2,1H3,(H,25,28). The zero-order valence-corrected chi connectivity index (χ0v) is 18.9. The number of benzene rings is 2. The number of hydrogen-bond donors (Lipinski definition) is 1. The molecule has 0 atom stereocenters. The van der Waals surface area contributed by atoms with E-state index in [0.717, 1.165) is 30.8 Å². The summed E-state index contributed by atoms with van der Waals surface area (Å²) in [6, 6.07) is 16.3. The Morgan fingerprint density at radius 1 is 1.00 bits per heavy atom. The van der Waals surface area contributed by atoms with Crippen LogP contribution in [0, 0.1) is 5.92 Å². The number of nitrogens with zero attached hydrogens (tertiary/aromatic N) is 2. The lowest BCUT2D eigenvalue weighted by Gasteiger charge is -2.31. The summed E-state index contributed by atoms with van der Waals surface area (Å²) in [5.74, 6) is 0.00694. The molecule has 7 heteroatoms. The summed E-state index contributed by atoms with van der Waals surface area (Å²) in [6.07, 6.45) is 3.65. The Morgan fingerprint density at radius 2 is 1.68 bits per heavy atom. The maximum atomic E-state index is 13.0. The van der Waals surface area contributed by atoms with Crippen LogP contribution < -0.4 is 10.2 Å². The van der Waals surface area contributed by atoms with E-state index in [9.17, 15) is 13.2 Å². The maximum absolute atomic E-state index is 13.0. The van der Waals surface area contributed by atoms with Crippen LogP contribution in [0.1, 0.15) is 38.2 Å². The molecule has 1 N–H and O–H groups in total. The van der Waals surface area contributed by atoms with Crippen LogP contribution in [0.25, 0.3) is 0 Å². The quantitative estimate of drug-likeness (QED) is 0.700. The van der Waals surface area contributed by atoms with Crippen molar-refractivity contribution in [1.82, 2.24) is 4.31 Å². The molecular formula is C24H31N3O3S. The monoisotopic (exact) mass is 441 g/mol. The summed E-state index contributed by atoms with van der Waals surface area (Å²) in [5, 5.41) is 3.13. The van der Waals surface area contributed by atoms with E-state index >= 15 is 0 Å². The SMILES string of the molecule is CCCCS(=O)(=O)N1CCC(C(=O)Nc2ccccc2N2CCc3ccccc32)CC1. The first-order valence-corrected chi connectivity index (χ1v) is 12.8. The van der Waals surface area contributed by atoms with Gasteiger partial charge in [-0.2, -0.15) is 0 Å². The van der Waals surface area contributed by atoms with Crippen LogP contribution in [0.2, 0.25) is 0 Å². The van der Waals surface area contributed by atoms with Gasteiger partial charge in [0.15, 0.2) is 0 Å². The summed E-state index contributed by atoms with van der Waals surface area (Å²) in [7, 11) is -3.20. The van der Waals surface area contributed by atoms with Crippen LogP contribution in [0.3, 0.4) is 0 Å². The summed E-state index contributed by atoms with van der Waals surface area (Å²) >= 11 is 0. The topological polar surface area (TPSA) is 69.7 Å². The van der Waals surface area contributed by atoms with Gasteiger partial charge in [-0.1, -0.05) is 43.7 Å². The third-order valence-corrected chi connectivity index (χ3v) is 8.27. The molecule has 0 radical (unpaired) electrons. The molecule has 1 amide bonds. The Morgan fingerprint density at radius 3 is 2.42 bits per heavy atom. The van der Waals surface area contributed by atoms with Crippen molar-refractivity contribution in [3.05, 3.63) is 54.1 Å². The van der Waals surface area contributed by atoms with Gasteiger partial charge in [0.25, 0.3) is 0 Å². The fourth-order valence-electron chi connectivity index (χ4n) is 4.49. The number of unbranched alkanes of at least 4 members (excludes halogenated alkanes) is 1. The highest BCUT2D eigenvalue weighted by molar-refractivity contribution is 7.89. The zero-order chi connectivity index (χ0) is 21.8. The van der Waals surface area contributed by atoms with Crippen LogP contribution in [0.15, 0.2) is 48.5 Å². The molecule has 4 rings (SSSR count). The normalized spacial score (nSPS) is 17.5. The molecule has 0 aliphatic carbocycles. The third kappa shape index (κ3) is 4.77. The minimum atomic E-state index is -3.20. The van der Waals surface area contributed by atoms with E-state index in [0.29, 0.717) is 32.4 Å². The molecule has 2 heterocycles. The van der Waals surface area contributed by atoms with E-state index in [1.807, 2.05) is 37.3 Å². The van der Waals surface area contributed by atoms with Crippen LogP contribution in [0.4, 0.5) is 17.1 Å². The Balaban J connectivity index is 1.42. The lowest BCUT2D eigenvalue weighted by atomic mass is 9.97. The summed E-state index contributed by atoms with van der Waals surface area (Å²) in [5.41, 5.74) is 4.32. The van der Waals surface area contributed by atoms with Crippen molar-refractivity contribution in [1.29, 1.82) is 0 Å². The first kappa shape index (κ1) is 21.8. The summed E-state index contributed by atoms with van der Waals surface area (Å²) in [4.78, 5) is 15.3. The lowest BCUT2D eigenvalue weighted by molar-refractivity contribution is -0.120. The van der Waals surface area contributed by atoms with Crippen molar-refractivity contribution in [3.63, 3.8) is 0 Å². The second kappa shape index (κ2) is 9.40. The minimum absolute atomic E-state index is 0.0226. The van der Waals surface area contributed by atoms with Crippen molar-refractivity contribution in [2.75, 3.05) is 35.6 Å². The van der Waals surface area contributed by atoms with Crippen LogP contribution >= 0.6 is 0 Å². The lowest BCUT2D eigenvalue weighted by Crippen LogP contribution is -2.42. The van der Waals surface area contributed by atoms with E-state index in [4.69, 9.17) is 0 Å². The average Bonchev–Trinajstić information content (AvgIpc) is 3.22. The van der Waals surface area contributed by atoms with Gasteiger partial charge in [0.05, 0.1) is 17.1 Å². The smallest absolute Gasteiger partial charge is 0.227 e. The number of amides is 1. The molecule has 6 nitrogen and oxygen atoms in total. The Kier molecular flexibility index (Phi) is 6.62. The zero-order valence-electron chi connectivity index (χ0n) is 18.1. The van der Waals surface area contributed by atoms with Gasteiger partial charge in [-0.25, -0.2) is 12.7 Å². The van der Waals surface area contributed by atoms with Crippen LogP contribution in [-0.4, -0.2) is 44.0 Å². The number of piperidine rings is 1. The van der Waals surface area contributed by atoms with E-state index in [-0.39, 0.29) is 17.6 Å². The number of hydrogen-bond acceptors (Lipinski definition) is 4. The van der Waals surface area contributed by atoms with Gasteiger partial charge in [0.1, 0.15) is 0 Å². The van der Waals surface area contributed by atoms with Crippen molar-refractivity contribution in [3.8, 4) is 0 Å². The number of carbonyl (C=O) groups excluding carboxylic acids is 1. The molecule has 2 aromatic rings. The van der Waals surface area contributed by atoms with E-state index in [1.165, 1.54) is 11.3 Å². The number of sulfonamides is 1. The molecule has 1 saturated heterocycles. The second-order valence-electron chi connectivity index (χ2n) is 8.38. The Hall–Kier alpha value is -2.38. The molecular weight excluding hydrogens is 410 g/mol. The maximum Gasteiger partial charge on any atom is 0.227 e. The molecule has 166 valence electrons. The molecule has 1 fully saturated rings. The molecule has 0 aromatic heterocycles. The van der Waals surface area contributed by atoms with Gasteiger partial charge in [0, 0.05) is 31.2 Å². The highest BCUT2D eigenvalue weighted by atomic mass is 32.2. The van der Waals surface area contributed by atoms with Gasteiger partial charge in [-0.15, -0.1) is 0 Å². The molecule has 2 aromatic carbocycles. The predicted octanol–water partition coefficient (Wildman–Crippen LogP) is 4.16. The first-order chi connectivity index (χ1) is 15.0. The largest absolute Gasteiger partial charge is 0.339 e. The number of carbonyl (C=O) groups is 1. The number of para-hydroxylation sites is 3. The van der Waals surface area contributed by atoms with Crippen molar-refractivity contribution >= 4 is 33.0 Å². The van der Waals surface area contributed by atoms with Crippen molar-refractivity contribution in [2.24, 2.45) is 5.92 Å². The fraction of sp³-hybridized carbons (Fsp3) is 0.458. The highest BCUT2D eigenvalue weighted by Gasteiger charge is 2.31. The van der Waals surface area contributed by atoms with Gasteiger partial charge in [-0.3, -0.25) is 4.79 Å². The van der Waals surface area contributed by atoms with Crippen molar-refractivity contribution in [2.45, 2.75) is 39.0 Å². The van der Waals surface area contributed by atoms with Crippen molar-refractivity contribution < 1.29 is 13.2 Å². The van der Waals surface area contributed by atoms with Gasteiger partial charge in [0.2, 0.25) is 15.9 Å². The van der Waals surface area contributed by atoms with Gasteiger partial charge in [-0.05, 0) is 49.4 Å². The molecule has 31 heavy (non-hydrogen) atoms. The summed E-state index contributed by atoms with van der Waals surface area (Å²) in [6.45, 7) is 3.72. The number of anilines is 3. The Bertz CT molecular complexity index is 1030. The van der Waals surface area contributed by atoms with Crippen LogP contribution in [-0.2, 0) is 21.2 Å². The number of rotatable bonds is 7. The highest BCUT2D eigenvalue weighted by Crippen LogP contribution is 2.38. The third-order valence-electron chi connectivity index (χ3n) is 6.31. The number of fused-ring (bicyclic) bond motifs is 1. The summed E-state index contributed by atoms with van der Waals surface area (Å²) < 4.78 is 26.4. The molecule has 0 spiro atoms. The predicted molar refractivity (Wildman–Crippen MR) is 125 cm³/mol. The first-order valence-electron chi connectivity index (χ1n) is 11.2. The Labute approximate surface area is 185 Å². The van der Waals surface area contributed by atoms with E-state index in [1.54, 1.807) is 4.31 Å². The van der Waals surface area contributed by atoms with Gasteiger partial charge < -0.3 is 10.2 Å². The van der Waals surface area contributed by atoms with Crippen LogP contribution in [0.5, 0.6) is 0 Å². The minimum Gasteiger partial charge on any atom is -0.339 e.